The number of aryl methyl sites for hydroxylation is 2. The van der Waals surface area contributed by atoms with Gasteiger partial charge < -0.3 is 20.5 Å². The molecule has 4 N–H and O–H groups in total. The van der Waals surface area contributed by atoms with Crippen LogP contribution < -0.4 is 5.32 Å². The summed E-state index contributed by atoms with van der Waals surface area (Å²) in [5.41, 5.74) is 5.49. The Bertz CT molecular complexity index is 990. The molecule has 29 heavy (non-hydrogen) atoms. The van der Waals surface area contributed by atoms with Crippen LogP contribution in [-0.4, -0.2) is 34.2 Å². The maximum Gasteiger partial charge on any atom is 0.310 e. The second kappa shape index (κ2) is 9.89. The smallest absolute Gasteiger partial charge is 0.310 e. The van der Waals surface area contributed by atoms with Crippen molar-refractivity contribution in [2.24, 2.45) is 0 Å². The second-order valence-corrected chi connectivity index (χ2v) is 6.95. The van der Waals surface area contributed by atoms with Gasteiger partial charge in [0.1, 0.15) is 5.69 Å². The van der Waals surface area contributed by atoms with Crippen LogP contribution in [0, 0.1) is 13.8 Å². The fraction of sp³-hybridized carbons (Fsp3) is 0.304. The van der Waals surface area contributed by atoms with Crippen LogP contribution >= 0.6 is 0 Å². The van der Waals surface area contributed by atoms with Gasteiger partial charge in [-0.05, 0) is 54.7 Å². The number of aliphatic hydroxyl groups is 1. The zero-order chi connectivity index (χ0) is 21.6. The molecule has 1 unspecified atom stereocenters. The van der Waals surface area contributed by atoms with E-state index >= 15 is 0 Å². The van der Waals surface area contributed by atoms with E-state index in [-0.39, 0.29) is 5.91 Å². The van der Waals surface area contributed by atoms with Crippen molar-refractivity contribution >= 4 is 22.8 Å². The normalized spacial score (nSPS) is 11.5. The topological polar surface area (TPSA) is 102 Å². The molecule has 1 heterocycles. The minimum absolute atomic E-state index is 0.163. The van der Waals surface area contributed by atoms with Crippen molar-refractivity contribution in [1.82, 2.24) is 10.3 Å². The Hall–Kier alpha value is -3.12. The first-order valence-corrected chi connectivity index (χ1v) is 9.53. The van der Waals surface area contributed by atoms with Gasteiger partial charge in [-0.3, -0.25) is 9.59 Å². The average molecular weight is 396 g/mol. The van der Waals surface area contributed by atoms with E-state index < -0.39 is 11.9 Å². The summed E-state index contributed by atoms with van der Waals surface area (Å²) in [7, 11) is 1.00. The minimum Gasteiger partial charge on any atom is -0.481 e. The fourth-order valence-corrected chi connectivity index (χ4v) is 3.42. The SMILES string of the molecule is CCC(C(=O)O)c1ccc(CNC(=O)c2cc3c(C)cc(C)cc3[nH]2)cc1.CO. The molecule has 6 nitrogen and oxygen atoms in total. The molecule has 0 aliphatic carbocycles. The number of H-pyrrole nitrogens is 1. The lowest BCUT2D eigenvalue weighted by molar-refractivity contribution is -0.138. The summed E-state index contributed by atoms with van der Waals surface area (Å²) in [6.45, 7) is 6.31. The van der Waals surface area contributed by atoms with E-state index in [4.69, 9.17) is 5.11 Å². The number of aliphatic hydroxyl groups excluding tert-OH is 1. The fourth-order valence-electron chi connectivity index (χ4n) is 3.42. The summed E-state index contributed by atoms with van der Waals surface area (Å²) in [6.07, 6.45) is 0.546. The summed E-state index contributed by atoms with van der Waals surface area (Å²) in [5, 5.41) is 20.2. The van der Waals surface area contributed by atoms with Crippen LogP contribution in [0.4, 0.5) is 0 Å². The molecule has 0 saturated carbocycles. The first-order valence-electron chi connectivity index (χ1n) is 9.53. The molecule has 0 spiro atoms. The molecule has 0 aliphatic heterocycles. The number of benzene rings is 2. The van der Waals surface area contributed by atoms with E-state index in [1.807, 2.05) is 57.2 Å². The number of amides is 1. The largest absolute Gasteiger partial charge is 0.481 e. The van der Waals surface area contributed by atoms with Crippen LogP contribution in [0.25, 0.3) is 10.9 Å². The van der Waals surface area contributed by atoms with E-state index in [1.54, 1.807) is 0 Å². The van der Waals surface area contributed by atoms with Crippen molar-refractivity contribution in [2.75, 3.05) is 7.11 Å². The summed E-state index contributed by atoms with van der Waals surface area (Å²) in [5.74, 6) is -1.47. The third-order valence-corrected chi connectivity index (χ3v) is 4.88. The Labute approximate surface area is 170 Å². The van der Waals surface area contributed by atoms with Crippen molar-refractivity contribution in [3.05, 3.63) is 70.4 Å². The number of carboxylic acid groups (broad SMARTS) is 1. The first-order chi connectivity index (χ1) is 13.9. The summed E-state index contributed by atoms with van der Waals surface area (Å²) in [4.78, 5) is 26.9. The van der Waals surface area contributed by atoms with Gasteiger partial charge in [0.15, 0.2) is 0 Å². The van der Waals surface area contributed by atoms with E-state index in [9.17, 15) is 14.7 Å². The molecule has 1 amide bonds. The molecule has 0 bridgehead atoms. The lowest BCUT2D eigenvalue weighted by Gasteiger charge is -2.11. The van der Waals surface area contributed by atoms with Gasteiger partial charge in [-0.25, -0.2) is 0 Å². The van der Waals surface area contributed by atoms with Gasteiger partial charge >= 0.3 is 5.97 Å². The van der Waals surface area contributed by atoms with Gasteiger partial charge in [0.05, 0.1) is 5.92 Å². The van der Waals surface area contributed by atoms with Crippen LogP contribution in [-0.2, 0) is 11.3 Å². The van der Waals surface area contributed by atoms with Crippen LogP contribution in [0.2, 0.25) is 0 Å². The lowest BCUT2D eigenvalue weighted by atomic mass is 9.96. The molecular formula is C23H28N2O4. The number of carbonyl (C=O) groups excluding carboxylic acids is 1. The third kappa shape index (κ3) is 5.23. The van der Waals surface area contributed by atoms with Crippen LogP contribution in [0.5, 0.6) is 0 Å². The van der Waals surface area contributed by atoms with Crippen molar-refractivity contribution in [2.45, 2.75) is 39.7 Å². The maximum absolute atomic E-state index is 12.5. The lowest BCUT2D eigenvalue weighted by Crippen LogP contribution is -2.23. The number of rotatable bonds is 6. The summed E-state index contributed by atoms with van der Waals surface area (Å²) < 4.78 is 0. The number of aromatic nitrogens is 1. The van der Waals surface area contributed by atoms with Crippen molar-refractivity contribution < 1.29 is 19.8 Å². The highest BCUT2D eigenvalue weighted by Gasteiger charge is 2.17. The zero-order valence-electron chi connectivity index (χ0n) is 17.2. The molecule has 6 heteroatoms. The molecule has 0 saturated heterocycles. The van der Waals surface area contributed by atoms with Gasteiger partial charge in [-0.2, -0.15) is 0 Å². The number of fused-ring (bicyclic) bond motifs is 1. The van der Waals surface area contributed by atoms with Gasteiger partial charge in [0.2, 0.25) is 0 Å². The van der Waals surface area contributed by atoms with Crippen molar-refractivity contribution in [3.63, 3.8) is 0 Å². The number of aliphatic carboxylic acids is 1. The van der Waals surface area contributed by atoms with Crippen molar-refractivity contribution in [3.8, 4) is 0 Å². The molecule has 3 aromatic rings. The maximum atomic E-state index is 12.5. The molecule has 0 fully saturated rings. The third-order valence-electron chi connectivity index (χ3n) is 4.88. The molecule has 1 atom stereocenters. The van der Waals surface area contributed by atoms with E-state index in [0.29, 0.717) is 18.7 Å². The molecule has 0 radical (unpaired) electrons. The van der Waals surface area contributed by atoms with E-state index in [2.05, 4.69) is 16.4 Å². The Kier molecular flexibility index (Phi) is 7.56. The Morgan fingerprint density at radius 2 is 1.72 bits per heavy atom. The number of carboxylic acids is 1. The quantitative estimate of drug-likeness (QED) is 0.507. The zero-order valence-corrected chi connectivity index (χ0v) is 17.2. The highest BCUT2D eigenvalue weighted by molar-refractivity contribution is 5.99. The van der Waals surface area contributed by atoms with E-state index in [1.165, 1.54) is 0 Å². The molecular weight excluding hydrogens is 368 g/mol. The molecule has 154 valence electrons. The number of hydrogen-bond donors (Lipinski definition) is 4. The highest BCUT2D eigenvalue weighted by atomic mass is 16.4. The standard InChI is InChI=1S/C22H24N2O3.CH4O/c1-4-17(22(26)27)16-7-5-15(6-8-16)12-23-21(25)20-11-18-14(3)9-13(2)10-19(18)24-20;1-2/h5-11,17,24H,4,12H2,1-3H3,(H,23,25)(H,26,27);2H,1H3. The number of carbonyl (C=O) groups is 2. The second-order valence-electron chi connectivity index (χ2n) is 6.95. The molecule has 1 aromatic heterocycles. The van der Waals surface area contributed by atoms with Crippen LogP contribution in [0.1, 0.15) is 52.0 Å². The van der Waals surface area contributed by atoms with Crippen molar-refractivity contribution in [1.29, 1.82) is 0 Å². The van der Waals surface area contributed by atoms with Crippen LogP contribution in [0.15, 0.2) is 42.5 Å². The average Bonchev–Trinajstić information content (AvgIpc) is 3.13. The Morgan fingerprint density at radius 3 is 2.31 bits per heavy atom. The molecule has 2 aromatic carbocycles. The number of aromatic amines is 1. The summed E-state index contributed by atoms with van der Waals surface area (Å²) >= 11 is 0. The summed E-state index contributed by atoms with van der Waals surface area (Å²) in [6, 6.07) is 13.4. The molecule has 0 aliphatic rings. The molecule has 3 rings (SSSR count). The van der Waals surface area contributed by atoms with Gasteiger partial charge in [0, 0.05) is 24.6 Å². The van der Waals surface area contributed by atoms with Gasteiger partial charge in [-0.15, -0.1) is 0 Å². The number of nitrogens with one attached hydrogen (secondary N) is 2. The Morgan fingerprint density at radius 1 is 1.07 bits per heavy atom. The Balaban J connectivity index is 0.00000145. The number of hydrogen-bond acceptors (Lipinski definition) is 3. The minimum atomic E-state index is -0.817. The first kappa shape index (κ1) is 22.2. The highest BCUT2D eigenvalue weighted by Crippen LogP contribution is 2.22. The van der Waals surface area contributed by atoms with Gasteiger partial charge in [-0.1, -0.05) is 37.3 Å². The predicted molar refractivity (Wildman–Crippen MR) is 114 cm³/mol. The predicted octanol–water partition coefficient (Wildman–Crippen LogP) is 3.90. The van der Waals surface area contributed by atoms with Crippen LogP contribution in [0.3, 0.4) is 0 Å². The van der Waals surface area contributed by atoms with E-state index in [0.717, 1.165) is 40.3 Å². The monoisotopic (exact) mass is 396 g/mol. The van der Waals surface area contributed by atoms with Gasteiger partial charge in [0.25, 0.3) is 5.91 Å².